The van der Waals surface area contributed by atoms with Gasteiger partial charge in [-0.15, -0.1) is 0 Å². The molecule has 0 aliphatic carbocycles. The van der Waals surface area contributed by atoms with Crippen LogP contribution in [0.5, 0.6) is 0 Å². The molecule has 1 aliphatic rings. The number of carbonyl (C=O) groups excluding carboxylic acids is 1. The summed E-state index contributed by atoms with van der Waals surface area (Å²) in [6.45, 7) is 0.377. The SMILES string of the molecule is O=C1CCCN1C(c1ccc(F)cc1)[C@@H](OCCCC(F)(F)F)c1cccnc1. The molecule has 1 aromatic carbocycles. The molecule has 2 heterocycles. The smallest absolute Gasteiger partial charge is 0.371 e. The maximum absolute atomic E-state index is 13.5. The molecule has 1 aliphatic heterocycles. The normalized spacial score (nSPS) is 16.8. The van der Waals surface area contributed by atoms with E-state index in [4.69, 9.17) is 4.74 Å². The summed E-state index contributed by atoms with van der Waals surface area (Å²) in [5.41, 5.74) is 1.31. The molecular formula is C21H22F4N2O2. The van der Waals surface area contributed by atoms with Gasteiger partial charge < -0.3 is 9.64 Å². The highest BCUT2D eigenvalue weighted by atomic mass is 19.4. The standard InChI is InChI=1S/C21H22F4N2O2/c22-17-8-6-15(7-9-17)19(27-12-2-5-18(27)28)20(16-4-1-11-26-14-16)29-13-3-10-21(23,24)25/h1,4,6-9,11,14,19-20H,2-3,5,10,12-13H2/t19?,20-/m0/s1. The molecule has 1 aromatic heterocycles. The molecule has 4 nitrogen and oxygen atoms in total. The van der Waals surface area contributed by atoms with Gasteiger partial charge in [0.2, 0.25) is 5.91 Å². The molecule has 1 unspecified atom stereocenters. The predicted octanol–water partition coefficient (Wildman–Crippen LogP) is 4.98. The van der Waals surface area contributed by atoms with E-state index >= 15 is 0 Å². The second-order valence-corrected chi connectivity index (χ2v) is 6.98. The van der Waals surface area contributed by atoms with Crippen molar-refractivity contribution in [1.29, 1.82) is 0 Å². The Hall–Kier alpha value is -2.48. The number of amides is 1. The minimum Gasteiger partial charge on any atom is -0.371 e. The molecule has 0 radical (unpaired) electrons. The van der Waals surface area contributed by atoms with E-state index in [2.05, 4.69) is 4.98 Å². The summed E-state index contributed by atoms with van der Waals surface area (Å²) in [5.74, 6) is -0.476. The molecular weight excluding hydrogens is 388 g/mol. The van der Waals surface area contributed by atoms with Crippen LogP contribution in [0.3, 0.4) is 0 Å². The molecule has 1 amide bonds. The van der Waals surface area contributed by atoms with Crippen molar-refractivity contribution in [2.75, 3.05) is 13.2 Å². The number of pyridine rings is 1. The first kappa shape index (κ1) is 21.2. The lowest BCUT2D eigenvalue weighted by molar-refractivity contribution is -0.141. The fraction of sp³-hybridized carbons (Fsp3) is 0.429. The topological polar surface area (TPSA) is 42.4 Å². The van der Waals surface area contributed by atoms with E-state index in [1.165, 1.54) is 12.1 Å². The largest absolute Gasteiger partial charge is 0.389 e. The first-order chi connectivity index (χ1) is 13.8. The van der Waals surface area contributed by atoms with Crippen molar-refractivity contribution in [2.24, 2.45) is 0 Å². The van der Waals surface area contributed by atoms with Gasteiger partial charge in [-0.05, 0) is 36.6 Å². The molecule has 2 aromatic rings. The summed E-state index contributed by atoms with van der Waals surface area (Å²) in [6.07, 6.45) is -1.88. The number of halogens is 4. The number of aromatic nitrogens is 1. The Morgan fingerprint density at radius 3 is 2.48 bits per heavy atom. The van der Waals surface area contributed by atoms with Crippen LogP contribution in [0.1, 0.15) is 49.0 Å². The Kier molecular flexibility index (Phi) is 6.84. The Morgan fingerprint density at radius 2 is 1.90 bits per heavy atom. The first-order valence-corrected chi connectivity index (χ1v) is 9.48. The van der Waals surface area contributed by atoms with Gasteiger partial charge in [0.1, 0.15) is 11.9 Å². The Labute approximate surface area is 166 Å². The van der Waals surface area contributed by atoms with Gasteiger partial charge in [0.25, 0.3) is 0 Å². The number of hydrogen-bond acceptors (Lipinski definition) is 3. The molecule has 3 rings (SSSR count). The summed E-state index contributed by atoms with van der Waals surface area (Å²) in [5, 5.41) is 0. The molecule has 0 spiro atoms. The molecule has 0 saturated carbocycles. The van der Waals surface area contributed by atoms with Crippen LogP contribution in [-0.4, -0.2) is 35.1 Å². The van der Waals surface area contributed by atoms with Crippen LogP contribution in [0.4, 0.5) is 17.6 Å². The monoisotopic (exact) mass is 410 g/mol. The van der Waals surface area contributed by atoms with Crippen LogP contribution >= 0.6 is 0 Å². The van der Waals surface area contributed by atoms with E-state index in [-0.39, 0.29) is 18.9 Å². The zero-order valence-corrected chi connectivity index (χ0v) is 15.7. The third kappa shape index (κ3) is 5.76. The third-order valence-corrected chi connectivity index (χ3v) is 4.86. The lowest BCUT2D eigenvalue weighted by Gasteiger charge is -2.35. The highest BCUT2D eigenvalue weighted by molar-refractivity contribution is 5.78. The van der Waals surface area contributed by atoms with E-state index in [1.54, 1.807) is 41.6 Å². The summed E-state index contributed by atoms with van der Waals surface area (Å²) in [7, 11) is 0. The number of carbonyl (C=O) groups is 1. The van der Waals surface area contributed by atoms with Crippen LogP contribution in [-0.2, 0) is 9.53 Å². The van der Waals surface area contributed by atoms with Crippen LogP contribution in [0.2, 0.25) is 0 Å². The van der Waals surface area contributed by atoms with Crippen molar-refractivity contribution in [2.45, 2.75) is 44.0 Å². The number of nitrogens with zero attached hydrogens (tertiary/aromatic N) is 2. The van der Waals surface area contributed by atoms with E-state index < -0.39 is 30.6 Å². The van der Waals surface area contributed by atoms with E-state index in [1.807, 2.05) is 0 Å². The zero-order valence-electron chi connectivity index (χ0n) is 15.7. The number of alkyl halides is 3. The Bertz CT molecular complexity index is 797. The number of ether oxygens (including phenoxy) is 1. The predicted molar refractivity (Wildman–Crippen MR) is 98.3 cm³/mol. The quantitative estimate of drug-likeness (QED) is 0.455. The zero-order chi connectivity index (χ0) is 20.9. The van der Waals surface area contributed by atoms with Gasteiger partial charge in [0.05, 0.1) is 6.04 Å². The number of rotatable bonds is 8. The highest BCUT2D eigenvalue weighted by Crippen LogP contribution is 2.39. The van der Waals surface area contributed by atoms with Gasteiger partial charge in [-0.25, -0.2) is 4.39 Å². The minimum absolute atomic E-state index is 0.0629. The molecule has 0 bridgehead atoms. The maximum Gasteiger partial charge on any atom is 0.389 e. The average Bonchev–Trinajstić information content (AvgIpc) is 3.11. The van der Waals surface area contributed by atoms with E-state index in [9.17, 15) is 22.4 Å². The average molecular weight is 410 g/mol. The lowest BCUT2D eigenvalue weighted by atomic mass is 9.95. The van der Waals surface area contributed by atoms with Gasteiger partial charge in [-0.1, -0.05) is 18.2 Å². The second-order valence-electron chi connectivity index (χ2n) is 6.98. The summed E-state index contributed by atoms with van der Waals surface area (Å²) in [4.78, 5) is 18.2. The summed E-state index contributed by atoms with van der Waals surface area (Å²) >= 11 is 0. The Balaban J connectivity index is 1.91. The Morgan fingerprint density at radius 1 is 1.14 bits per heavy atom. The van der Waals surface area contributed by atoms with Gasteiger partial charge in [-0.3, -0.25) is 9.78 Å². The summed E-state index contributed by atoms with van der Waals surface area (Å²) < 4.78 is 56.9. The number of hydrogen-bond donors (Lipinski definition) is 0. The molecule has 0 N–H and O–H groups in total. The molecule has 1 saturated heterocycles. The lowest BCUT2D eigenvalue weighted by Crippen LogP contribution is -2.35. The van der Waals surface area contributed by atoms with Crippen molar-refractivity contribution < 1.29 is 27.1 Å². The van der Waals surface area contributed by atoms with Crippen molar-refractivity contribution in [3.63, 3.8) is 0 Å². The molecule has 2 atom stereocenters. The van der Waals surface area contributed by atoms with Gasteiger partial charge in [0.15, 0.2) is 0 Å². The molecule has 8 heteroatoms. The van der Waals surface area contributed by atoms with Crippen molar-refractivity contribution in [3.8, 4) is 0 Å². The number of likely N-dealkylation sites (tertiary alicyclic amines) is 1. The van der Waals surface area contributed by atoms with Crippen LogP contribution in [0.25, 0.3) is 0 Å². The maximum atomic E-state index is 13.5. The molecule has 156 valence electrons. The van der Waals surface area contributed by atoms with Crippen molar-refractivity contribution in [1.82, 2.24) is 9.88 Å². The third-order valence-electron chi connectivity index (χ3n) is 4.86. The fourth-order valence-corrected chi connectivity index (χ4v) is 3.54. The van der Waals surface area contributed by atoms with E-state index in [0.29, 0.717) is 30.5 Å². The molecule has 1 fully saturated rings. The number of benzene rings is 1. The van der Waals surface area contributed by atoms with Crippen molar-refractivity contribution >= 4 is 5.91 Å². The fourth-order valence-electron chi connectivity index (χ4n) is 3.54. The minimum atomic E-state index is -4.26. The van der Waals surface area contributed by atoms with Gasteiger partial charge in [0, 0.05) is 44.0 Å². The summed E-state index contributed by atoms with van der Waals surface area (Å²) in [6, 6.07) is 8.63. The molecule has 29 heavy (non-hydrogen) atoms. The second kappa shape index (κ2) is 9.35. The van der Waals surface area contributed by atoms with Crippen LogP contribution < -0.4 is 0 Å². The van der Waals surface area contributed by atoms with Crippen molar-refractivity contribution in [3.05, 3.63) is 65.7 Å². The highest BCUT2D eigenvalue weighted by Gasteiger charge is 2.36. The first-order valence-electron chi connectivity index (χ1n) is 9.48. The van der Waals surface area contributed by atoms with Crippen LogP contribution in [0, 0.1) is 5.82 Å². The van der Waals surface area contributed by atoms with Gasteiger partial charge >= 0.3 is 6.18 Å². The van der Waals surface area contributed by atoms with E-state index in [0.717, 1.165) is 0 Å². The van der Waals surface area contributed by atoms with Crippen LogP contribution in [0.15, 0.2) is 48.8 Å². The van der Waals surface area contributed by atoms with Gasteiger partial charge in [-0.2, -0.15) is 13.2 Å².